The zero-order valence-corrected chi connectivity index (χ0v) is 9.70. The van der Waals surface area contributed by atoms with E-state index in [1.165, 1.54) is 11.1 Å². The number of hydrogen-bond acceptors (Lipinski definition) is 3. The monoisotopic (exact) mass is 210 g/mol. The molecule has 0 spiro atoms. The molecule has 0 aliphatic carbocycles. The van der Waals surface area contributed by atoms with Crippen LogP contribution in [0.2, 0.25) is 0 Å². The Kier molecular flexibility index (Phi) is 3.69. The Labute approximate surface area is 91.1 Å². The van der Waals surface area contributed by atoms with Gasteiger partial charge in [0.05, 0.1) is 0 Å². The van der Waals surface area contributed by atoms with Crippen LogP contribution in [-0.2, 0) is 18.6 Å². The van der Waals surface area contributed by atoms with Crippen LogP contribution in [0.1, 0.15) is 30.5 Å². The highest BCUT2D eigenvalue weighted by molar-refractivity contribution is 7.79. The van der Waals surface area contributed by atoms with E-state index in [0.29, 0.717) is 5.75 Å². The molecule has 0 aromatic heterocycles. The summed E-state index contributed by atoms with van der Waals surface area (Å²) in [6, 6.07) is 2.11. The van der Waals surface area contributed by atoms with Crippen molar-refractivity contribution in [2.45, 2.75) is 32.4 Å². The summed E-state index contributed by atoms with van der Waals surface area (Å²) in [5.41, 5.74) is 17.0. The number of aryl methyl sites for hydroxylation is 2. The summed E-state index contributed by atoms with van der Waals surface area (Å²) in [7, 11) is 0. The normalized spacial score (nSPS) is 10.5. The van der Waals surface area contributed by atoms with Gasteiger partial charge < -0.3 is 11.5 Å². The quantitative estimate of drug-likeness (QED) is 0.530. The van der Waals surface area contributed by atoms with E-state index < -0.39 is 0 Å². The van der Waals surface area contributed by atoms with Crippen molar-refractivity contribution in [3.8, 4) is 0 Å². The highest BCUT2D eigenvalue weighted by Gasteiger charge is 2.10. The minimum absolute atomic E-state index is 0.610. The molecule has 2 nitrogen and oxygen atoms in total. The highest BCUT2D eigenvalue weighted by atomic mass is 32.1. The first kappa shape index (κ1) is 11.2. The van der Waals surface area contributed by atoms with Crippen LogP contribution in [0.4, 0.5) is 11.4 Å². The standard InChI is InChI=1S/C11H18N2S/c1-3-7-5-8(4-2)11(13)9(6-14)10(7)12/h5,14H,3-4,6,12-13H2,1-2H3. The lowest BCUT2D eigenvalue weighted by molar-refractivity contribution is 1.08. The minimum atomic E-state index is 0.610. The van der Waals surface area contributed by atoms with Gasteiger partial charge in [0.2, 0.25) is 0 Å². The van der Waals surface area contributed by atoms with Crippen LogP contribution in [0.15, 0.2) is 6.07 Å². The van der Waals surface area contributed by atoms with Gasteiger partial charge in [-0.05, 0) is 24.0 Å². The smallest absolute Gasteiger partial charge is 0.0408 e. The Hall–Kier alpha value is -0.830. The molecule has 0 fully saturated rings. The number of anilines is 2. The first-order valence-corrected chi connectivity index (χ1v) is 5.58. The Morgan fingerprint density at radius 3 is 1.79 bits per heavy atom. The van der Waals surface area contributed by atoms with Crippen LogP contribution in [0.3, 0.4) is 0 Å². The van der Waals surface area contributed by atoms with Crippen LogP contribution in [0, 0.1) is 0 Å². The van der Waals surface area contributed by atoms with Crippen LogP contribution < -0.4 is 11.5 Å². The molecule has 0 heterocycles. The highest BCUT2D eigenvalue weighted by Crippen LogP contribution is 2.29. The molecule has 14 heavy (non-hydrogen) atoms. The predicted molar refractivity (Wildman–Crippen MR) is 66.7 cm³/mol. The molecule has 78 valence electrons. The molecular weight excluding hydrogens is 192 g/mol. The zero-order chi connectivity index (χ0) is 10.7. The van der Waals surface area contributed by atoms with E-state index in [0.717, 1.165) is 29.8 Å². The second-order valence-electron chi connectivity index (χ2n) is 3.37. The molecule has 0 saturated carbocycles. The Balaban J connectivity index is 3.39. The molecule has 0 aliphatic heterocycles. The number of nitrogen functional groups attached to an aromatic ring is 2. The second kappa shape index (κ2) is 4.60. The number of nitrogens with two attached hydrogens (primary N) is 2. The average Bonchev–Trinajstić information content (AvgIpc) is 2.19. The fraction of sp³-hybridized carbons (Fsp3) is 0.455. The zero-order valence-electron chi connectivity index (χ0n) is 8.80. The average molecular weight is 210 g/mol. The Morgan fingerprint density at radius 1 is 1.07 bits per heavy atom. The van der Waals surface area contributed by atoms with Gasteiger partial charge in [0.25, 0.3) is 0 Å². The van der Waals surface area contributed by atoms with Crippen LogP contribution in [0.5, 0.6) is 0 Å². The fourth-order valence-electron chi connectivity index (χ4n) is 1.65. The molecule has 0 amide bonds. The van der Waals surface area contributed by atoms with Gasteiger partial charge in [-0.2, -0.15) is 12.6 Å². The molecule has 0 unspecified atom stereocenters. The summed E-state index contributed by atoms with van der Waals surface area (Å²) in [5, 5.41) is 0. The largest absolute Gasteiger partial charge is 0.398 e. The van der Waals surface area contributed by atoms with Crippen molar-refractivity contribution in [1.82, 2.24) is 0 Å². The van der Waals surface area contributed by atoms with Crippen LogP contribution >= 0.6 is 12.6 Å². The molecule has 4 N–H and O–H groups in total. The summed E-state index contributed by atoms with van der Waals surface area (Å²) in [5.74, 6) is 0.610. The Bertz CT molecular complexity index is 306. The molecule has 0 aliphatic rings. The third-order valence-corrected chi connectivity index (χ3v) is 2.93. The molecular formula is C11H18N2S. The SMILES string of the molecule is CCc1cc(CC)c(N)c(CS)c1N. The summed E-state index contributed by atoms with van der Waals surface area (Å²) in [4.78, 5) is 0. The van der Waals surface area contributed by atoms with Crippen molar-refractivity contribution in [3.63, 3.8) is 0 Å². The van der Waals surface area contributed by atoms with E-state index >= 15 is 0 Å². The van der Waals surface area contributed by atoms with Crippen molar-refractivity contribution in [2.24, 2.45) is 0 Å². The molecule has 0 saturated heterocycles. The van der Waals surface area contributed by atoms with Gasteiger partial charge in [-0.3, -0.25) is 0 Å². The van der Waals surface area contributed by atoms with Gasteiger partial charge in [-0.1, -0.05) is 19.9 Å². The predicted octanol–water partition coefficient (Wildman–Crippen LogP) is 2.41. The molecule has 1 rings (SSSR count). The van der Waals surface area contributed by atoms with E-state index in [1.54, 1.807) is 0 Å². The van der Waals surface area contributed by atoms with E-state index in [4.69, 9.17) is 11.5 Å². The maximum Gasteiger partial charge on any atom is 0.0408 e. The molecule has 0 radical (unpaired) electrons. The molecule has 3 heteroatoms. The lowest BCUT2D eigenvalue weighted by Gasteiger charge is -2.15. The number of benzene rings is 1. The van der Waals surface area contributed by atoms with Gasteiger partial charge in [-0.25, -0.2) is 0 Å². The number of rotatable bonds is 3. The lowest BCUT2D eigenvalue weighted by Crippen LogP contribution is -2.06. The number of hydrogen-bond donors (Lipinski definition) is 3. The number of thiol groups is 1. The van der Waals surface area contributed by atoms with Crippen molar-refractivity contribution < 1.29 is 0 Å². The van der Waals surface area contributed by atoms with Crippen LogP contribution in [0.25, 0.3) is 0 Å². The first-order valence-electron chi connectivity index (χ1n) is 4.95. The van der Waals surface area contributed by atoms with E-state index in [9.17, 15) is 0 Å². The van der Waals surface area contributed by atoms with Gasteiger partial charge in [0, 0.05) is 22.7 Å². The lowest BCUT2D eigenvalue weighted by atomic mass is 9.98. The summed E-state index contributed by atoms with van der Waals surface area (Å²) in [6.07, 6.45) is 1.89. The summed E-state index contributed by atoms with van der Waals surface area (Å²) in [6.45, 7) is 4.20. The van der Waals surface area contributed by atoms with Crippen molar-refractivity contribution in [2.75, 3.05) is 11.5 Å². The molecule has 1 aromatic rings. The van der Waals surface area contributed by atoms with Crippen molar-refractivity contribution >= 4 is 24.0 Å². The van der Waals surface area contributed by atoms with E-state index in [2.05, 4.69) is 32.5 Å². The second-order valence-corrected chi connectivity index (χ2v) is 3.68. The molecule has 0 bridgehead atoms. The summed E-state index contributed by atoms with van der Waals surface area (Å²) < 4.78 is 0. The maximum absolute atomic E-state index is 6.00. The first-order chi connectivity index (χ1) is 6.65. The third-order valence-electron chi connectivity index (χ3n) is 2.61. The van der Waals surface area contributed by atoms with E-state index in [-0.39, 0.29) is 0 Å². The van der Waals surface area contributed by atoms with Gasteiger partial charge in [0.15, 0.2) is 0 Å². The van der Waals surface area contributed by atoms with Crippen LogP contribution in [-0.4, -0.2) is 0 Å². The topological polar surface area (TPSA) is 52.0 Å². The minimum Gasteiger partial charge on any atom is -0.398 e. The Morgan fingerprint density at radius 2 is 1.50 bits per heavy atom. The third kappa shape index (κ3) is 1.82. The van der Waals surface area contributed by atoms with Gasteiger partial charge in [-0.15, -0.1) is 0 Å². The maximum atomic E-state index is 6.00. The fourth-order valence-corrected chi connectivity index (χ4v) is 1.99. The summed E-state index contributed by atoms with van der Waals surface area (Å²) >= 11 is 4.26. The molecule has 0 atom stereocenters. The van der Waals surface area contributed by atoms with Crippen molar-refractivity contribution in [3.05, 3.63) is 22.8 Å². The molecule has 1 aromatic carbocycles. The van der Waals surface area contributed by atoms with Gasteiger partial charge >= 0.3 is 0 Å². The van der Waals surface area contributed by atoms with Gasteiger partial charge in [0.1, 0.15) is 0 Å². The van der Waals surface area contributed by atoms with E-state index in [1.807, 2.05) is 0 Å². The van der Waals surface area contributed by atoms with Crippen molar-refractivity contribution in [1.29, 1.82) is 0 Å².